The molecule has 0 aliphatic heterocycles. The normalized spacial score (nSPS) is 24.3. The molecule has 2 rings (SSSR count). The predicted molar refractivity (Wildman–Crippen MR) is 75.7 cm³/mol. The summed E-state index contributed by atoms with van der Waals surface area (Å²) in [7, 11) is 0. The lowest BCUT2D eigenvalue weighted by Gasteiger charge is -2.29. The van der Waals surface area contributed by atoms with Crippen LogP contribution in [0.4, 0.5) is 0 Å². The number of hydrogen-bond acceptors (Lipinski definition) is 4. The Morgan fingerprint density at radius 3 is 2.76 bits per heavy atom. The van der Waals surface area contributed by atoms with Gasteiger partial charge in [-0.05, 0) is 19.1 Å². The molecule has 0 fully saturated rings. The standard InChI is InChI=1S/C16H16O5/c1-2-21-14-9-16(20,8-7-12(14)15(18)19)13-6-4-3-5-11(13)10-17/h3-10,12,20H,2H2,1H3,(H,18,19). The summed E-state index contributed by atoms with van der Waals surface area (Å²) >= 11 is 0. The van der Waals surface area contributed by atoms with Crippen LogP contribution in [0.1, 0.15) is 22.8 Å². The van der Waals surface area contributed by atoms with E-state index in [-0.39, 0.29) is 12.4 Å². The van der Waals surface area contributed by atoms with Gasteiger partial charge in [-0.2, -0.15) is 0 Å². The second kappa shape index (κ2) is 5.93. The van der Waals surface area contributed by atoms with Gasteiger partial charge >= 0.3 is 5.97 Å². The maximum Gasteiger partial charge on any atom is 0.318 e. The summed E-state index contributed by atoms with van der Waals surface area (Å²) in [6.07, 6.45) is 4.74. The van der Waals surface area contributed by atoms with Crippen LogP contribution >= 0.6 is 0 Å². The molecule has 2 atom stereocenters. The number of aliphatic carboxylic acids is 1. The quantitative estimate of drug-likeness (QED) is 0.638. The first-order chi connectivity index (χ1) is 10.0. The first-order valence-electron chi connectivity index (χ1n) is 6.56. The Bertz CT molecular complexity index is 617. The van der Waals surface area contributed by atoms with Gasteiger partial charge in [-0.3, -0.25) is 9.59 Å². The van der Waals surface area contributed by atoms with E-state index in [1.807, 2.05) is 0 Å². The van der Waals surface area contributed by atoms with E-state index < -0.39 is 17.5 Å². The second-order valence-corrected chi connectivity index (χ2v) is 4.69. The van der Waals surface area contributed by atoms with Gasteiger partial charge in [0.15, 0.2) is 0 Å². The number of hydrogen-bond donors (Lipinski definition) is 2. The zero-order valence-corrected chi connectivity index (χ0v) is 11.5. The van der Waals surface area contributed by atoms with E-state index in [9.17, 15) is 14.7 Å². The zero-order chi connectivity index (χ0) is 15.5. The second-order valence-electron chi connectivity index (χ2n) is 4.69. The van der Waals surface area contributed by atoms with Crippen molar-refractivity contribution >= 4 is 12.3 Å². The fourth-order valence-corrected chi connectivity index (χ4v) is 2.33. The Kier molecular flexibility index (Phi) is 4.23. The van der Waals surface area contributed by atoms with Gasteiger partial charge in [-0.1, -0.05) is 30.3 Å². The van der Waals surface area contributed by atoms with Gasteiger partial charge in [0.05, 0.1) is 6.61 Å². The third-order valence-corrected chi connectivity index (χ3v) is 3.31. The molecule has 0 spiro atoms. The molecule has 2 N–H and O–H groups in total. The summed E-state index contributed by atoms with van der Waals surface area (Å²) in [5, 5.41) is 19.9. The van der Waals surface area contributed by atoms with Crippen LogP contribution in [-0.4, -0.2) is 29.1 Å². The molecule has 1 aliphatic rings. The molecule has 0 aromatic heterocycles. The van der Waals surface area contributed by atoms with Crippen molar-refractivity contribution in [2.24, 2.45) is 5.92 Å². The molecule has 0 amide bonds. The number of rotatable bonds is 5. The topological polar surface area (TPSA) is 83.8 Å². The molecule has 1 aromatic rings. The van der Waals surface area contributed by atoms with Crippen LogP contribution in [0.15, 0.2) is 48.3 Å². The number of carboxylic acids is 1. The van der Waals surface area contributed by atoms with Crippen LogP contribution in [0.5, 0.6) is 0 Å². The molecule has 0 bridgehead atoms. The minimum atomic E-state index is -1.56. The van der Waals surface area contributed by atoms with Crippen molar-refractivity contribution in [1.82, 2.24) is 0 Å². The summed E-state index contributed by atoms with van der Waals surface area (Å²) < 4.78 is 5.33. The zero-order valence-electron chi connectivity index (χ0n) is 11.5. The van der Waals surface area contributed by atoms with Crippen LogP contribution in [0.2, 0.25) is 0 Å². The van der Waals surface area contributed by atoms with Crippen molar-refractivity contribution in [1.29, 1.82) is 0 Å². The molecule has 110 valence electrons. The highest BCUT2D eigenvalue weighted by Crippen LogP contribution is 2.34. The number of carbonyl (C=O) groups excluding carboxylic acids is 1. The van der Waals surface area contributed by atoms with Crippen molar-refractivity contribution in [2.45, 2.75) is 12.5 Å². The first kappa shape index (κ1) is 15.0. The Morgan fingerprint density at radius 1 is 1.43 bits per heavy atom. The molecule has 0 saturated heterocycles. The first-order valence-corrected chi connectivity index (χ1v) is 6.56. The van der Waals surface area contributed by atoms with Crippen LogP contribution in [0, 0.1) is 5.92 Å². The number of aldehydes is 1. The van der Waals surface area contributed by atoms with Crippen molar-refractivity contribution in [2.75, 3.05) is 6.61 Å². The molecule has 0 saturated carbocycles. The van der Waals surface area contributed by atoms with E-state index in [0.717, 1.165) is 0 Å². The summed E-state index contributed by atoms with van der Waals surface area (Å²) in [5.74, 6) is -1.83. The highest BCUT2D eigenvalue weighted by Gasteiger charge is 2.35. The SMILES string of the molecule is CCOC1=CC(O)(c2ccccc2C=O)C=CC1C(=O)O. The Hall–Kier alpha value is -2.40. The number of carboxylic acid groups (broad SMARTS) is 1. The molecule has 1 aliphatic carbocycles. The van der Waals surface area contributed by atoms with Gasteiger partial charge in [0.1, 0.15) is 23.6 Å². The van der Waals surface area contributed by atoms with Gasteiger partial charge in [0, 0.05) is 11.1 Å². The maximum absolute atomic E-state index is 11.2. The van der Waals surface area contributed by atoms with Crippen LogP contribution < -0.4 is 0 Å². The van der Waals surface area contributed by atoms with Crippen LogP contribution in [0.25, 0.3) is 0 Å². The number of aliphatic hydroxyl groups is 1. The minimum absolute atomic E-state index is 0.163. The number of benzene rings is 1. The van der Waals surface area contributed by atoms with Crippen molar-refractivity contribution in [3.63, 3.8) is 0 Å². The molecule has 2 unspecified atom stereocenters. The van der Waals surface area contributed by atoms with Crippen molar-refractivity contribution in [3.8, 4) is 0 Å². The van der Waals surface area contributed by atoms with Gasteiger partial charge in [0.2, 0.25) is 0 Å². The van der Waals surface area contributed by atoms with Crippen molar-refractivity contribution in [3.05, 3.63) is 59.4 Å². The highest BCUT2D eigenvalue weighted by molar-refractivity contribution is 5.79. The fraction of sp³-hybridized carbons (Fsp3) is 0.250. The molecule has 1 aromatic carbocycles. The predicted octanol–water partition coefficient (Wildman–Crippen LogP) is 1.88. The Labute approximate surface area is 122 Å². The fourth-order valence-electron chi connectivity index (χ4n) is 2.33. The lowest BCUT2D eigenvalue weighted by atomic mass is 9.83. The number of ether oxygens (including phenoxy) is 1. The van der Waals surface area contributed by atoms with Gasteiger partial charge in [-0.25, -0.2) is 0 Å². The smallest absolute Gasteiger partial charge is 0.318 e. The van der Waals surface area contributed by atoms with E-state index in [1.54, 1.807) is 31.2 Å². The Balaban J connectivity index is 2.50. The lowest BCUT2D eigenvalue weighted by molar-refractivity contribution is -0.140. The largest absolute Gasteiger partial charge is 0.497 e. The van der Waals surface area contributed by atoms with Crippen molar-refractivity contribution < 1.29 is 24.5 Å². The molecule has 5 nitrogen and oxygen atoms in total. The molecule has 0 radical (unpaired) electrons. The minimum Gasteiger partial charge on any atom is -0.497 e. The average Bonchev–Trinajstić information content (AvgIpc) is 2.47. The van der Waals surface area contributed by atoms with E-state index in [4.69, 9.17) is 9.84 Å². The van der Waals surface area contributed by atoms with E-state index >= 15 is 0 Å². The van der Waals surface area contributed by atoms with Crippen LogP contribution in [-0.2, 0) is 15.1 Å². The van der Waals surface area contributed by atoms with E-state index in [0.29, 0.717) is 17.4 Å². The highest BCUT2D eigenvalue weighted by atomic mass is 16.5. The summed E-state index contributed by atoms with van der Waals surface area (Å²) in [5.41, 5.74) is -0.837. The van der Waals surface area contributed by atoms with E-state index in [2.05, 4.69) is 0 Å². The maximum atomic E-state index is 11.2. The molecular formula is C16H16O5. The summed E-state index contributed by atoms with van der Waals surface area (Å²) in [6, 6.07) is 6.60. The molecule has 0 heterocycles. The summed E-state index contributed by atoms with van der Waals surface area (Å²) in [4.78, 5) is 22.3. The molecule has 5 heteroatoms. The van der Waals surface area contributed by atoms with Gasteiger partial charge in [0.25, 0.3) is 0 Å². The van der Waals surface area contributed by atoms with Crippen LogP contribution in [0.3, 0.4) is 0 Å². The molecule has 21 heavy (non-hydrogen) atoms. The van der Waals surface area contributed by atoms with E-state index in [1.165, 1.54) is 18.2 Å². The van der Waals surface area contributed by atoms with Gasteiger partial charge in [-0.15, -0.1) is 0 Å². The molecular weight excluding hydrogens is 272 g/mol. The average molecular weight is 288 g/mol. The monoisotopic (exact) mass is 288 g/mol. The summed E-state index contributed by atoms with van der Waals surface area (Å²) in [6.45, 7) is 2.02. The van der Waals surface area contributed by atoms with Gasteiger partial charge < -0.3 is 14.9 Å². The Morgan fingerprint density at radius 2 is 2.14 bits per heavy atom. The third-order valence-electron chi connectivity index (χ3n) is 3.31. The number of carbonyl (C=O) groups is 2. The third kappa shape index (κ3) is 2.87. The lowest BCUT2D eigenvalue weighted by Crippen LogP contribution is -2.29.